The van der Waals surface area contributed by atoms with Crippen LogP contribution >= 0.6 is 0 Å². The minimum atomic E-state index is 0.535. The van der Waals surface area contributed by atoms with Crippen molar-refractivity contribution in [3.8, 4) is 0 Å². The SMILES string of the molecule is Nc1onc2c1CN(CC1C3CC4CC(C3)CC1C4)C2. The molecule has 2 N–H and O–H groups in total. The van der Waals surface area contributed by atoms with Gasteiger partial charge in [-0.05, 0) is 61.7 Å². The lowest BCUT2D eigenvalue weighted by Crippen LogP contribution is -2.48. The van der Waals surface area contributed by atoms with Gasteiger partial charge < -0.3 is 10.3 Å². The summed E-state index contributed by atoms with van der Waals surface area (Å²) in [5.74, 6) is 5.63. The maximum Gasteiger partial charge on any atom is 0.226 e. The van der Waals surface area contributed by atoms with Gasteiger partial charge in [0.2, 0.25) is 5.88 Å². The van der Waals surface area contributed by atoms with Crippen molar-refractivity contribution >= 4 is 5.88 Å². The molecule has 0 unspecified atom stereocenters. The summed E-state index contributed by atoms with van der Waals surface area (Å²) in [4.78, 5) is 2.55. The number of rotatable bonds is 2. The van der Waals surface area contributed by atoms with Gasteiger partial charge in [0.25, 0.3) is 0 Å². The fourth-order valence-corrected chi connectivity index (χ4v) is 5.90. The molecule has 108 valence electrons. The van der Waals surface area contributed by atoms with Crippen molar-refractivity contribution in [1.29, 1.82) is 0 Å². The van der Waals surface area contributed by atoms with E-state index in [1.165, 1.54) is 32.2 Å². The van der Waals surface area contributed by atoms with Gasteiger partial charge in [-0.1, -0.05) is 5.16 Å². The summed E-state index contributed by atoms with van der Waals surface area (Å²) < 4.78 is 5.07. The van der Waals surface area contributed by atoms with E-state index in [0.717, 1.165) is 53.9 Å². The van der Waals surface area contributed by atoms with Crippen molar-refractivity contribution < 1.29 is 4.52 Å². The van der Waals surface area contributed by atoms with E-state index < -0.39 is 0 Å². The quantitative estimate of drug-likeness (QED) is 0.900. The zero-order chi connectivity index (χ0) is 13.3. The first-order chi connectivity index (χ1) is 9.76. The molecule has 0 spiro atoms. The summed E-state index contributed by atoms with van der Waals surface area (Å²) in [6.45, 7) is 3.15. The van der Waals surface area contributed by atoms with Crippen LogP contribution in [0.5, 0.6) is 0 Å². The first kappa shape index (κ1) is 11.6. The summed E-state index contributed by atoms with van der Waals surface area (Å²) >= 11 is 0. The molecule has 20 heavy (non-hydrogen) atoms. The topological polar surface area (TPSA) is 55.3 Å². The monoisotopic (exact) mass is 273 g/mol. The molecule has 4 nitrogen and oxygen atoms in total. The van der Waals surface area contributed by atoms with Gasteiger partial charge in [0.1, 0.15) is 5.69 Å². The van der Waals surface area contributed by atoms with Gasteiger partial charge in [0, 0.05) is 19.6 Å². The fraction of sp³-hybridized carbons (Fsp3) is 0.812. The third-order valence-corrected chi connectivity index (χ3v) is 6.55. The number of hydrogen-bond acceptors (Lipinski definition) is 4. The lowest BCUT2D eigenvalue weighted by Gasteiger charge is -2.55. The van der Waals surface area contributed by atoms with Crippen molar-refractivity contribution in [3.63, 3.8) is 0 Å². The van der Waals surface area contributed by atoms with E-state index in [1.807, 2.05) is 0 Å². The highest BCUT2D eigenvalue weighted by Crippen LogP contribution is 2.56. The summed E-state index contributed by atoms with van der Waals surface area (Å²) in [7, 11) is 0. The summed E-state index contributed by atoms with van der Waals surface area (Å²) in [5.41, 5.74) is 8.07. The van der Waals surface area contributed by atoms with Gasteiger partial charge in [0.05, 0.1) is 5.56 Å². The van der Waals surface area contributed by atoms with Gasteiger partial charge in [-0.2, -0.15) is 0 Å². The predicted molar refractivity (Wildman–Crippen MR) is 75.6 cm³/mol. The highest BCUT2D eigenvalue weighted by Gasteiger charge is 2.48. The van der Waals surface area contributed by atoms with Crippen LogP contribution in [-0.4, -0.2) is 16.6 Å². The Morgan fingerprint density at radius 3 is 2.40 bits per heavy atom. The molecular formula is C16H23N3O. The minimum Gasteiger partial charge on any atom is -0.367 e. The second-order valence-electron chi connectivity index (χ2n) is 7.74. The fourth-order valence-electron chi connectivity index (χ4n) is 5.90. The molecule has 6 rings (SSSR count). The summed E-state index contributed by atoms with van der Waals surface area (Å²) in [6, 6.07) is 0. The third kappa shape index (κ3) is 1.60. The number of nitrogens with two attached hydrogens (primary N) is 1. The first-order valence-electron chi connectivity index (χ1n) is 8.21. The lowest BCUT2D eigenvalue weighted by molar-refractivity contribution is -0.0498. The number of anilines is 1. The molecule has 5 aliphatic rings. The molecule has 1 aromatic heterocycles. The second kappa shape index (κ2) is 4.00. The van der Waals surface area contributed by atoms with Crippen LogP contribution in [0.3, 0.4) is 0 Å². The molecule has 4 aliphatic carbocycles. The van der Waals surface area contributed by atoms with Crippen LogP contribution in [0.15, 0.2) is 4.52 Å². The Morgan fingerprint density at radius 2 is 1.75 bits per heavy atom. The molecule has 0 radical (unpaired) electrons. The molecule has 1 aromatic rings. The van der Waals surface area contributed by atoms with E-state index >= 15 is 0 Å². The summed E-state index contributed by atoms with van der Waals surface area (Å²) in [6.07, 6.45) is 7.60. The normalized spacial score (nSPS) is 42.3. The zero-order valence-electron chi connectivity index (χ0n) is 11.9. The van der Waals surface area contributed by atoms with Crippen molar-refractivity contribution in [3.05, 3.63) is 11.3 Å². The number of hydrogen-bond donors (Lipinski definition) is 1. The Balaban J connectivity index is 1.31. The van der Waals surface area contributed by atoms with E-state index in [4.69, 9.17) is 10.3 Å². The van der Waals surface area contributed by atoms with Crippen molar-refractivity contribution in [2.24, 2.45) is 29.6 Å². The van der Waals surface area contributed by atoms with E-state index in [9.17, 15) is 0 Å². The van der Waals surface area contributed by atoms with Crippen LogP contribution in [0, 0.1) is 29.6 Å². The number of nitrogens with zero attached hydrogens (tertiary/aromatic N) is 2. The minimum absolute atomic E-state index is 0.535. The average Bonchev–Trinajstić information content (AvgIpc) is 2.95. The zero-order valence-corrected chi connectivity index (χ0v) is 11.9. The standard InChI is InChI=1S/C16H23N3O/c17-16-14-7-19(8-15(14)18-20-16)6-13-11-2-9-1-10(4-11)5-12(13)3-9/h9-13H,1-8,17H2. The van der Waals surface area contributed by atoms with Crippen LogP contribution in [0.4, 0.5) is 5.88 Å². The highest BCUT2D eigenvalue weighted by molar-refractivity contribution is 5.40. The predicted octanol–water partition coefficient (Wildman–Crippen LogP) is 2.64. The maximum absolute atomic E-state index is 5.85. The van der Waals surface area contributed by atoms with Crippen LogP contribution < -0.4 is 5.73 Å². The van der Waals surface area contributed by atoms with E-state index in [2.05, 4.69) is 10.1 Å². The Hall–Kier alpha value is -1.03. The molecular weight excluding hydrogens is 250 g/mol. The van der Waals surface area contributed by atoms with Crippen LogP contribution in [0.2, 0.25) is 0 Å². The molecule has 0 amide bonds. The second-order valence-corrected chi connectivity index (χ2v) is 7.74. The van der Waals surface area contributed by atoms with Gasteiger partial charge in [-0.25, -0.2) is 0 Å². The van der Waals surface area contributed by atoms with Gasteiger partial charge in [-0.3, -0.25) is 4.90 Å². The van der Waals surface area contributed by atoms with E-state index in [-0.39, 0.29) is 0 Å². The van der Waals surface area contributed by atoms with Crippen LogP contribution in [0.25, 0.3) is 0 Å². The molecule has 4 saturated carbocycles. The molecule has 4 bridgehead atoms. The molecule has 0 saturated heterocycles. The van der Waals surface area contributed by atoms with Crippen molar-refractivity contribution in [1.82, 2.24) is 10.1 Å². The van der Waals surface area contributed by atoms with Gasteiger partial charge >= 0.3 is 0 Å². The van der Waals surface area contributed by atoms with E-state index in [0.29, 0.717) is 5.88 Å². The lowest BCUT2D eigenvalue weighted by atomic mass is 9.52. The van der Waals surface area contributed by atoms with Crippen LogP contribution in [0.1, 0.15) is 43.4 Å². The van der Waals surface area contributed by atoms with E-state index in [1.54, 1.807) is 6.42 Å². The van der Waals surface area contributed by atoms with Gasteiger partial charge in [-0.15, -0.1) is 0 Å². The molecule has 0 atom stereocenters. The first-order valence-corrected chi connectivity index (χ1v) is 8.21. The molecule has 0 aromatic carbocycles. The summed E-state index contributed by atoms with van der Waals surface area (Å²) in [5, 5.41) is 4.09. The molecule has 2 heterocycles. The number of fused-ring (bicyclic) bond motifs is 1. The Bertz CT molecular complexity index is 510. The van der Waals surface area contributed by atoms with Crippen LogP contribution in [-0.2, 0) is 13.1 Å². The smallest absolute Gasteiger partial charge is 0.226 e. The maximum atomic E-state index is 5.85. The Labute approximate surface area is 119 Å². The number of aromatic nitrogens is 1. The van der Waals surface area contributed by atoms with Gasteiger partial charge in [0.15, 0.2) is 0 Å². The highest BCUT2D eigenvalue weighted by atomic mass is 16.5. The third-order valence-electron chi connectivity index (χ3n) is 6.55. The Kier molecular flexibility index (Phi) is 2.32. The molecule has 4 fully saturated rings. The largest absolute Gasteiger partial charge is 0.367 e. The van der Waals surface area contributed by atoms with Crippen molar-refractivity contribution in [2.75, 3.05) is 12.3 Å². The molecule has 1 aliphatic heterocycles. The Morgan fingerprint density at radius 1 is 1.05 bits per heavy atom. The number of nitrogen functional groups attached to an aromatic ring is 1. The average molecular weight is 273 g/mol. The molecule has 4 heteroatoms. The van der Waals surface area contributed by atoms with Crippen molar-refractivity contribution in [2.45, 2.75) is 45.2 Å².